The maximum atomic E-state index is 12.6. The van der Waals surface area contributed by atoms with Crippen LogP contribution in [0.15, 0.2) is 24.3 Å². The van der Waals surface area contributed by atoms with E-state index < -0.39 is 21.8 Å². The van der Waals surface area contributed by atoms with Gasteiger partial charge in [-0.3, -0.25) is 14.4 Å². The molecule has 0 unspecified atom stereocenters. The average Bonchev–Trinajstić information content (AvgIpc) is 2.81. The largest absolute Gasteiger partial charge is 0.369 e. The Morgan fingerprint density at radius 2 is 1.69 bits per heavy atom. The van der Waals surface area contributed by atoms with Gasteiger partial charge in [0.05, 0.1) is 17.4 Å². The Kier molecular flexibility index (Phi) is 4.74. The fourth-order valence-electron chi connectivity index (χ4n) is 3.38. The van der Waals surface area contributed by atoms with Crippen molar-refractivity contribution in [2.75, 3.05) is 23.1 Å². The van der Waals surface area contributed by atoms with Crippen molar-refractivity contribution in [3.63, 3.8) is 0 Å². The molecule has 0 spiro atoms. The van der Waals surface area contributed by atoms with E-state index in [-0.39, 0.29) is 29.2 Å². The molecular weight excluding hydrogens is 358 g/mol. The van der Waals surface area contributed by atoms with E-state index in [0.29, 0.717) is 31.5 Å². The monoisotopic (exact) mass is 379 g/mol. The van der Waals surface area contributed by atoms with Gasteiger partial charge in [-0.2, -0.15) is 0 Å². The summed E-state index contributed by atoms with van der Waals surface area (Å²) in [6.07, 6.45) is 1.08. The lowest BCUT2D eigenvalue weighted by Gasteiger charge is -2.30. The Morgan fingerprint density at radius 1 is 1.12 bits per heavy atom. The molecule has 2 heterocycles. The fraction of sp³-hybridized carbons (Fsp3) is 0.471. The molecule has 2 aliphatic rings. The molecule has 26 heavy (non-hydrogen) atoms. The summed E-state index contributed by atoms with van der Waals surface area (Å²) >= 11 is 0. The van der Waals surface area contributed by atoms with Crippen molar-refractivity contribution in [2.45, 2.75) is 19.8 Å². The van der Waals surface area contributed by atoms with Gasteiger partial charge < -0.3 is 10.6 Å². The van der Waals surface area contributed by atoms with E-state index in [1.54, 1.807) is 11.8 Å². The van der Waals surface area contributed by atoms with Crippen LogP contribution in [0, 0.1) is 11.8 Å². The number of nitrogens with two attached hydrogens (primary N) is 1. The van der Waals surface area contributed by atoms with Gasteiger partial charge in [0.1, 0.15) is 0 Å². The predicted octanol–water partition coefficient (Wildman–Crippen LogP) is 0.337. The van der Waals surface area contributed by atoms with E-state index in [1.807, 2.05) is 0 Å². The normalized spacial score (nSPS) is 23.3. The van der Waals surface area contributed by atoms with Crippen LogP contribution in [0.5, 0.6) is 0 Å². The van der Waals surface area contributed by atoms with E-state index in [2.05, 4.69) is 0 Å². The van der Waals surface area contributed by atoms with Crippen molar-refractivity contribution >= 4 is 33.4 Å². The van der Waals surface area contributed by atoms with Crippen LogP contribution in [0.25, 0.3) is 0 Å². The molecule has 1 aromatic carbocycles. The minimum Gasteiger partial charge on any atom is -0.369 e. The van der Waals surface area contributed by atoms with Crippen LogP contribution in [0.3, 0.4) is 0 Å². The van der Waals surface area contributed by atoms with Crippen molar-refractivity contribution in [1.29, 1.82) is 0 Å². The second kappa shape index (κ2) is 6.71. The van der Waals surface area contributed by atoms with Crippen LogP contribution < -0.4 is 10.0 Å². The van der Waals surface area contributed by atoms with Crippen LogP contribution in [-0.2, 0) is 19.6 Å². The Labute approximate surface area is 152 Å². The van der Waals surface area contributed by atoms with Gasteiger partial charge in [-0.25, -0.2) is 12.7 Å². The van der Waals surface area contributed by atoms with Gasteiger partial charge in [0.25, 0.3) is 5.91 Å². The quantitative estimate of drug-likeness (QED) is 0.812. The molecule has 2 N–H and O–H groups in total. The topological polar surface area (TPSA) is 118 Å². The van der Waals surface area contributed by atoms with Crippen LogP contribution in [0.2, 0.25) is 0 Å². The number of primary amides is 1. The molecule has 0 aliphatic carbocycles. The summed E-state index contributed by atoms with van der Waals surface area (Å²) in [5.41, 5.74) is 5.94. The van der Waals surface area contributed by atoms with E-state index in [4.69, 9.17) is 5.73 Å². The van der Waals surface area contributed by atoms with E-state index in [9.17, 15) is 22.8 Å². The Hall–Kier alpha value is -2.42. The summed E-state index contributed by atoms with van der Waals surface area (Å²) in [7, 11) is -3.66. The second-order valence-corrected chi connectivity index (χ2v) is 8.66. The first-order valence-electron chi connectivity index (χ1n) is 8.46. The van der Waals surface area contributed by atoms with Crippen molar-refractivity contribution in [2.24, 2.45) is 17.6 Å². The first kappa shape index (κ1) is 18.4. The lowest BCUT2D eigenvalue weighted by atomic mass is 9.96. The molecule has 3 amide bonds. The highest BCUT2D eigenvalue weighted by Gasteiger charge is 2.42. The highest BCUT2D eigenvalue weighted by atomic mass is 32.2. The molecule has 1 atom stereocenters. The van der Waals surface area contributed by atoms with Crippen LogP contribution >= 0.6 is 0 Å². The van der Waals surface area contributed by atoms with Crippen molar-refractivity contribution < 1.29 is 22.8 Å². The van der Waals surface area contributed by atoms with Gasteiger partial charge in [0.2, 0.25) is 21.8 Å². The third-order valence-corrected chi connectivity index (χ3v) is 6.76. The van der Waals surface area contributed by atoms with Gasteiger partial charge >= 0.3 is 0 Å². The van der Waals surface area contributed by atoms with Crippen LogP contribution in [-0.4, -0.2) is 49.9 Å². The van der Waals surface area contributed by atoms with Gasteiger partial charge in [0, 0.05) is 24.6 Å². The predicted molar refractivity (Wildman–Crippen MR) is 94.7 cm³/mol. The van der Waals surface area contributed by atoms with Crippen molar-refractivity contribution in [1.82, 2.24) is 4.90 Å². The van der Waals surface area contributed by atoms with Crippen LogP contribution in [0.1, 0.15) is 30.1 Å². The maximum absolute atomic E-state index is 12.6. The van der Waals surface area contributed by atoms with Gasteiger partial charge in [-0.05, 0) is 37.1 Å². The van der Waals surface area contributed by atoms with Crippen molar-refractivity contribution in [3.05, 3.63) is 29.8 Å². The number of hydrogen-bond donors (Lipinski definition) is 1. The molecule has 0 radical (unpaired) electrons. The Morgan fingerprint density at radius 3 is 2.15 bits per heavy atom. The summed E-state index contributed by atoms with van der Waals surface area (Å²) in [5, 5.41) is 0. The molecular formula is C17H21N3O5S. The molecule has 0 aromatic heterocycles. The SMILES string of the molecule is C[C@H]1CS(=O)(=O)N(c2ccc(C(=O)N3CCC(C(N)=O)CC3)cc2)C1=O. The minimum atomic E-state index is -3.66. The number of carbonyl (C=O) groups is 3. The van der Waals surface area contributed by atoms with Crippen LogP contribution in [0.4, 0.5) is 5.69 Å². The number of sulfonamides is 1. The number of rotatable bonds is 3. The van der Waals surface area contributed by atoms with E-state index in [1.165, 1.54) is 24.3 Å². The zero-order valence-corrected chi connectivity index (χ0v) is 15.2. The molecule has 140 valence electrons. The summed E-state index contributed by atoms with van der Waals surface area (Å²) in [6, 6.07) is 5.97. The Balaban J connectivity index is 1.73. The third-order valence-electron chi connectivity index (χ3n) is 4.89. The fourth-order valence-corrected chi connectivity index (χ4v) is 5.20. The lowest BCUT2D eigenvalue weighted by Crippen LogP contribution is -2.41. The first-order chi connectivity index (χ1) is 12.2. The maximum Gasteiger partial charge on any atom is 0.253 e. The number of hydrogen-bond acceptors (Lipinski definition) is 5. The van der Waals surface area contributed by atoms with Gasteiger partial charge in [-0.15, -0.1) is 0 Å². The molecule has 1 aromatic rings. The number of anilines is 1. The summed E-state index contributed by atoms with van der Waals surface area (Å²) < 4.78 is 25.1. The smallest absolute Gasteiger partial charge is 0.253 e. The zero-order chi connectivity index (χ0) is 19.1. The molecule has 2 aliphatic heterocycles. The number of amides is 3. The molecule has 8 nitrogen and oxygen atoms in total. The summed E-state index contributed by atoms with van der Waals surface area (Å²) in [5.74, 6) is -1.97. The summed E-state index contributed by atoms with van der Waals surface area (Å²) in [6.45, 7) is 2.48. The minimum absolute atomic E-state index is 0.191. The highest BCUT2D eigenvalue weighted by Crippen LogP contribution is 2.28. The third kappa shape index (κ3) is 3.31. The molecule has 0 bridgehead atoms. The number of likely N-dealkylation sites (tertiary alicyclic amines) is 1. The summed E-state index contributed by atoms with van der Waals surface area (Å²) in [4.78, 5) is 37.5. The highest BCUT2D eigenvalue weighted by molar-refractivity contribution is 7.94. The van der Waals surface area contributed by atoms with E-state index in [0.717, 1.165) is 4.31 Å². The number of carbonyl (C=O) groups excluding carboxylic acids is 3. The lowest BCUT2D eigenvalue weighted by molar-refractivity contribution is -0.123. The number of piperidine rings is 1. The van der Waals surface area contributed by atoms with Gasteiger partial charge in [0.15, 0.2) is 0 Å². The molecule has 2 fully saturated rings. The average molecular weight is 379 g/mol. The first-order valence-corrected chi connectivity index (χ1v) is 10.1. The number of benzene rings is 1. The molecule has 3 rings (SSSR count). The molecule has 9 heteroatoms. The molecule has 2 saturated heterocycles. The molecule has 0 saturated carbocycles. The zero-order valence-electron chi connectivity index (χ0n) is 14.4. The number of nitrogens with zero attached hydrogens (tertiary/aromatic N) is 2. The standard InChI is InChI=1S/C17H21N3O5S/c1-11-10-26(24,25)20(16(11)22)14-4-2-13(3-5-14)17(23)19-8-6-12(7-9-19)15(18)21/h2-5,11-12H,6-10H2,1H3,(H2,18,21)/t11-/m0/s1. The van der Waals surface area contributed by atoms with E-state index >= 15 is 0 Å². The Bertz CT molecular complexity index is 842. The van der Waals surface area contributed by atoms with Gasteiger partial charge in [-0.1, -0.05) is 6.92 Å². The van der Waals surface area contributed by atoms with Crippen molar-refractivity contribution in [3.8, 4) is 0 Å². The second-order valence-electron chi connectivity index (χ2n) is 6.80.